The predicted molar refractivity (Wildman–Crippen MR) is 67.2 cm³/mol. The first-order chi connectivity index (χ1) is 9.61. The number of aliphatic carboxylic acids is 1. The summed E-state index contributed by atoms with van der Waals surface area (Å²) < 4.78 is 15.9. The van der Waals surface area contributed by atoms with Crippen molar-refractivity contribution < 1.29 is 28.9 Å². The highest BCUT2D eigenvalue weighted by Crippen LogP contribution is 2.45. The molecule has 2 aliphatic rings. The minimum absolute atomic E-state index is 0.00614. The Bertz CT molecular complexity index is 597. The van der Waals surface area contributed by atoms with E-state index in [1.54, 1.807) is 19.1 Å². The van der Waals surface area contributed by atoms with Crippen LogP contribution in [-0.2, 0) is 9.63 Å². The SMILES string of the molecule is COc1cc(C2ON=C(C(=O)O)C2C)cc2c1OCO2. The molecule has 20 heavy (non-hydrogen) atoms. The number of fused-ring (bicyclic) bond motifs is 1. The third-order valence-electron chi connectivity index (χ3n) is 3.38. The van der Waals surface area contributed by atoms with Gasteiger partial charge in [0.2, 0.25) is 12.5 Å². The second-order valence-electron chi connectivity index (χ2n) is 4.55. The second kappa shape index (κ2) is 4.59. The van der Waals surface area contributed by atoms with E-state index in [0.29, 0.717) is 17.2 Å². The Hall–Kier alpha value is -2.44. The average molecular weight is 279 g/mol. The molecule has 2 aliphatic heterocycles. The summed E-state index contributed by atoms with van der Waals surface area (Å²) in [5.74, 6) is 0.181. The molecule has 0 fully saturated rings. The zero-order valence-electron chi connectivity index (χ0n) is 11.0. The molecule has 2 unspecified atom stereocenters. The maximum atomic E-state index is 11.0. The molecule has 0 aliphatic carbocycles. The van der Waals surface area contributed by atoms with Crippen LogP contribution in [0, 0.1) is 5.92 Å². The van der Waals surface area contributed by atoms with Crippen molar-refractivity contribution in [3.05, 3.63) is 17.7 Å². The normalized spacial score (nSPS) is 23.2. The third kappa shape index (κ3) is 1.82. The Morgan fingerprint density at radius 2 is 2.25 bits per heavy atom. The Labute approximate surface area is 114 Å². The van der Waals surface area contributed by atoms with Gasteiger partial charge < -0.3 is 24.2 Å². The lowest BCUT2D eigenvalue weighted by Crippen LogP contribution is -2.21. The molecule has 7 nitrogen and oxygen atoms in total. The fraction of sp³-hybridized carbons (Fsp3) is 0.385. The Morgan fingerprint density at radius 1 is 1.45 bits per heavy atom. The van der Waals surface area contributed by atoms with Gasteiger partial charge in [0.05, 0.1) is 13.0 Å². The van der Waals surface area contributed by atoms with Crippen molar-refractivity contribution in [2.45, 2.75) is 13.0 Å². The van der Waals surface area contributed by atoms with Crippen LogP contribution in [0.15, 0.2) is 17.3 Å². The van der Waals surface area contributed by atoms with E-state index in [0.717, 1.165) is 5.56 Å². The molecule has 0 aromatic heterocycles. The first-order valence-corrected chi connectivity index (χ1v) is 6.06. The number of rotatable bonds is 3. The summed E-state index contributed by atoms with van der Waals surface area (Å²) in [6.45, 7) is 1.88. The fourth-order valence-corrected chi connectivity index (χ4v) is 2.33. The molecule has 0 radical (unpaired) electrons. The number of benzene rings is 1. The van der Waals surface area contributed by atoms with Crippen molar-refractivity contribution in [3.8, 4) is 17.2 Å². The monoisotopic (exact) mass is 279 g/mol. The van der Waals surface area contributed by atoms with Crippen LogP contribution in [-0.4, -0.2) is 30.7 Å². The summed E-state index contributed by atoms with van der Waals surface area (Å²) in [5.41, 5.74) is 0.741. The molecule has 2 atom stereocenters. The van der Waals surface area contributed by atoms with Crippen molar-refractivity contribution in [2.75, 3.05) is 13.9 Å². The zero-order chi connectivity index (χ0) is 14.3. The van der Waals surface area contributed by atoms with Gasteiger partial charge in [-0.2, -0.15) is 0 Å². The number of carboxylic acid groups (broad SMARTS) is 1. The van der Waals surface area contributed by atoms with Crippen LogP contribution in [0.25, 0.3) is 0 Å². The largest absolute Gasteiger partial charge is 0.493 e. The number of hydrogen-bond donors (Lipinski definition) is 1. The lowest BCUT2D eigenvalue weighted by atomic mass is 9.93. The molecular formula is C13H13NO6. The van der Waals surface area contributed by atoms with Crippen molar-refractivity contribution >= 4 is 11.7 Å². The first-order valence-electron chi connectivity index (χ1n) is 6.06. The molecule has 0 saturated carbocycles. The van der Waals surface area contributed by atoms with Gasteiger partial charge in [-0.1, -0.05) is 12.1 Å². The van der Waals surface area contributed by atoms with Gasteiger partial charge in [-0.3, -0.25) is 0 Å². The highest BCUT2D eigenvalue weighted by molar-refractivity contribution is 6.36. The summed E-state index contributed by atoms with van der Waals surface area (Å²) in [5, 5.41) is 12.7. The molecule has 106 valence electrons. The molecule has 1 aromatic carbocycles. The summed E-state index contributed by atoms with van der Waals surface area (Å²) in [4.78, 5) is 16.3. The lowest BCUT2D eigenvalue weighted by molar-refractivity contribution is -0.129. The molecule has 7 heteroatoms. The molecule has 0 spiro atoms. The highest BCUT2D eigenvalue weighted by Gasteiger charge is 2.37. The number of methoxy groups -OCH3 is 1. The number of hydrogen-bond acceptors (Lipinski definition) is 6. The van der Waals surface area contributed by atoms with E-state index in [-0.39, 0.29) is 18.4 Å². The molecule has 0 amide bonds. The van der Waals surface area contributed by atoms with E-state index in [9.17, 15) is 4.79 Å². The Morgan fingerprint density at radius 3 is 2.90 bits per heavy atom. The van der Waals surface area contributed by atoms with Crippen molar-refractivity contribution in [1.29, 1.82) is 0 Å². The minimum Gasteiger partial charge on any atom is -0.493 e. The number of carbonyl (C=O) groups is 1. The molecule has 1 N–H and O–H groups in total. The standard InChI is InChI=1S/C13H13NO6/c1-6-10(13(15)16)14-20-11(6)7-3-8(17-2)12-9(4-7)18-5-19-12/h3-4,6,11H,5H2,1-2H3,(H,15,16). The van der Waals surface area contributed by atoms with E-state index in [1.165, 1.54) is 7.11 Å². The van der Waals surface area contributed by atoms with Gasteiger partial charge in [-0.15, -0.1) is 0 Å². The summed E-state index contributed by atoms with van der Waals surface area (Å²) >= 11 is 0. The van der Waals surface area contributed by atoms with E-state index >= 15 is 0 Å². The predicted octanol–water partition coefficient (Wildman–Crippen LogP) is 1.57. The molecule has 3 rings (SSSR count). The topological polar surface area (TPSA) is 86.6 Å². The van der Waals surface area contributed by atoms with Gasteiger partial charge in [-0.25, -0.2) is 4.79 Å². The third-order valence-corrected chi connectivity index (χ3v) is 3.38. The Kier molecular flexibility index (Phi) is 2.89. The van der Waals surface area contributed by atoms with E-state index in [4.69, 9.17) is 24.2 Å². The maximum absolute atomic E-state index is 11.0. The van der Waals surface area contributed by atoms with Crippen LogP contribution >= 0.6 is 0 Å². The number of ether oxygens (including phenoxy) is 3. The summed E-state index contributed by atoms with van der Waals surface area (Å²) in [7, 11) is 1.53. The first kappa shape index (κ1) is 12.6. The van der Waals surface area contributed by atoms with Crippen LogP contribution in [0.4, 0.5) is 0 Å². The van der Waals surface area contributed by atoms with Crippen molar-refractivity contribution in [3.63, 3.8) is 0 Å². The number of carboxylic acids is 1. The van der Waals surface area contributed by atoms with E-state index in [2.05, 4.69) is 5.16 Å². The van der Waals surface area contributed by atoms with Gasteiger partial charge in [0, 0.05) is 5.56 Å². The number of oxime groups is 1. The maximum Gasteiger partial charge on any atom is 0.354 e. The molecule has 0 saturated heterocycles. The van der Waals surface area contributed by atoms with Crippen molar-refractivity contribution in [1.82, 2.24) is 0 Å². The van der Waals surface area contributed by atoms with Gasteiger partial charge in [0.15, 0.2) is 23.3 Å². The van der Waals surface area contributed by atoms with Crippen LogP contribution in [0.1, 0.15) is 18.6 Å². The smallest absolute Gasteiger partial charge is 0.354 e. The molecular weight excluding hydrogens is 266 g/mol. The van der Waals surface area contributed by atoms with Gasteiger partial charge >= 0.3 is 5.97 Å². The van der Waals surface area contributed by atoms with Crippen LogP contribution in [0.5, 0.6) is 17.2 Å². The Balaban J connectivity index is 1.95. The molecule has 1 aromatic rings. The quantitative estimate of drug-likeness (QED) is 0.903. The van der Waals surface area contributed by atoms with E-state index in [1.807, 2.05) is 0 Å². The minimum atomic E-state index is -1.08. The summed E-state index contributed by atoms with van der Waals surface area (Å²) in [6, 6.07) is 3.50. The van der Waals surface area contributed by atoms with Crippen LogP contribution < -0.4 is 14.2 Å². The van der Waals surface area contributed by atoms with Crippen molar-refractivity contribution in [2.24, 2.45) is 11.1 Å². The van der Waals surface area contributed by atoms with Gasteiger partial charge in [0.1, 0.15) is 0 Å². The van der Waals surface area contributed by atoms with Crippen LogP contribution in [0.3, 0.4) is 0 Å². The second-order valence-corrected chi connectivity index (χ2v) is 4.55. The van der Waals surface area contributed by atoms with E-state index < -0.39 is 12.1 Å². The molecule has 0 bridgehead atoms. The molecule has 2 heterocycles. The summed E-state index contributed by atoms with van der Waals surface area (Å²) in [6.07, 6.45) is -0.482. The lowest BCUT2D eigenvalue weighted by Gasteiger charge is -2.15. The highest BCUT2D eigenvalue weighted by atomic mass is 16.7. The fourth-order valence-electron chi connectivity index (χ4n) is 2.33. The number of nitrogens with zero attached hydrogens (tertiary/aromatic N) is 1. The van der Waals surface area contributed by atoms with Crippen LogP contribution in [0.2, 0.25) is 0 Å². The van der Waals surface area contributed by atoms with Gasteiger partial charge in [-0.05, 0) is 12.1 Å². The zero-order valence-corrected chi connectivity index (χ0v) is 11.0. The average Bonchev–Trinajstić information content (AvgIpc) is 3.03. The van der Waals surface area contributed by atoms with Gasteiger partial charge in [0.25, 0.3) is 0 Å².